The summed E-state index contributed by atoms with van der Waals surface area (Å²) in [6.45, 7) is 4.81. The molecule has 0 amide bonds. The molecule has 2 unspecified atom stereocenters. The van der Waals surface area contributed by atoms with Crippen LogP contribution in [-0.4, -0.2) is 82.3 Å². The maximum absolute atomic E-state index is 12.8. The first-order valence-corrected chi connectivity index (χ1v) is 27.7. The van der Waals surface area contributed by atoms with E-state index in [9.17, 15) is 19.5 Å². The lowest BCUT2D eigenvalue weighted by atomic mass is 10.0. The Hall–Kier alpha value is -1.71. The highest BCUT2D eigenvalue weighted by Gasteiger charge is 2.22. The third-order valence-corrected chi connectivity index (χ3v) is 12.6. The van der Waals surface area contributed by atoms with E-state index in [-0.39, 0.29) is 32.2 Å². The van der Waals surface area contributed by atoms with E-state index < -0.39 is 24.3 Å². The number of carboxylic acids is 1. The average Bonchev–Trinajstić information content (AvgIpc) is 3.26. The summed E-state index contributed by atoms with van der Waals surface area (Å²) in [5.74, 6) is -2.25. The molecule has 64 heavy (non-hydrogen) atoms. The van der Waals surface area contributed by atoms with Gasteiger partial charge in [-0.15, -0.1) is 0 Å². The van der Waals surface area contributed by atoms with Crippen molar-refractivity contribution in [3.8, 4) is 0 Å². The van der Waals surface area contributed by atoms with Crippen LogP contribution in [0.25, 0.3) is 0 Å². The molecular weight excluding hydrogens is 803 g/mol. The molecule has 0 aliphatic heterocycles. The van der Waals surface area contributed by atoms with Gasteiger partial charge in [0.1, 0.15) is 13.2 Å². The van der Waals surface area contributed by atoms with Gasteiger partial charge in [0.2, 0.25) is 0 Å². The Morgan fingerprint density at radius 1 is 0.406 bits per heavy atom. The number of carbonyl (C=O) groups excluding carboxylic acids is 3. The minimum Gasteiger partial charge on any atom is -0.545 e. The summed E-state index contributed by atoms with van der Waals surface area (Å²) in [4.78, 5) is 37.2. The van der Waals surface area contributed by atoms with Crippen LogP contribution in [0.2, 0.25) is 0 Å². The van der Waals surface area contributed by atoms with Crippen molar-refractivity contribution in [2.75, 3.05) is 47.5 Å². The van der Waals surface area contributed by atoms with Crippen molar-refractivity contribution < 1.29 is 42.9 Å². The van der Waals surface area contributed by atoms with E-state index in [4.69, 9.17) is 18.9 Å². The SMILES string of the molecule is CCCCCCCCCCCCCCCCCCCCCCCCC(=O)OC(COC(=O)CCCCCCCCCCCCCCCCCCC)COC(OCC[N+](C)(C)C)C(=O)[O-]. The molecular formula is C55H107NO8. The predicted molar refractivity (Wildman–Crippen MR) is 265 cm³/mol. The number of nitrogens with zero attached hydrogens (tertiary/aromatic N) is 1. The summed E-state index contributed by atoms with van der Waals surface area (Å²) in [6.07, 6.45) is 48.5. The molecule has 0 bridgehead atoms. The van der Waals surface area contributed by atoms with Crippen LogP contribution in [0.5, 0.6) is 0 Å². The molecule has 9 nitrogen and oxygen atoms in total. The highest BCUT2D eigenvalue weighted by atomic mass is 16.7. The Kier molecular flexibility index (Phi) is 46.5. The smallest absolute Gasteiger partial charge is 0.306 e. The zero-order valence-electron chi connectivity index (χ0n) is 43.2. The fraction of sp³-hybridized carbons (Fsp3) is 0.945. The van der Waals surface area contributed by atoms with Crippen LogP contribution in [0.4, 0.5) is 0 Å². The first-order chi connectivity index (χ1) is 31.1. The number of ether oxygens (including phenoxy) is 4. The molecule has 380 valence electrons. The number of aliphatic carboxylic acids is 1. The molecule has 0 saturated carbocycles. The van der Waals surface area contributed by atoms with Gasteiger partial charge >= 0.3 is 11.9 Å². The van der Waals surface area contributed by atoms with Crippen LogP contribution in [0, 0.1) is 0 Å². The van der Waals surface area contributed by atoms with Gasteiger partial charge in [-0.1, -0.05) is 251 Å². The van der Waals surface area contributed by atoms with Gasteiger partial charge in [0.15, 0.2) is 12.4 Å². The summed E-state index contributed by atoms with van der Waals surface area (Å²) in [5.41, 5.74) is 0. The van der Waals surface area contributed by atoms with Crippen molar-refractivity contribution in [2.45, 2.75) is 289 Å². The summed E-state index contributed by atoms with van der Waals surface area (Å²) in [7, 11) is 5.93. The first-order valence-electron chi connectivity index (χ1n) is 27.7. The van der Waals surface area contributed by atoms with E-state index in [2.05, 4.69) is 13.8 Å². The summed E-state index contributed by atoms with van der Waals surface area (Å²) in [6, 6.07) is 0. The number of carbonyl (C=O) groups is 3. The number of hydrogen-bond acceptors (Lipinski definition) is 8. The molecule has 0 aliphatic carbocycles. The number of carboxylic acid groups (broad SMARTS) is 1. The maximum atomic E-state index is 12.8. The van der Waals surface area contributed by atoms with Crippen molar-refractivity contribution in [3.63, 3.8) is 0 Å². The van der Waals surface area contributed by atoms with E-state index >= 15 is 0 Å². The third kappa shape index (κ3) is 48.2. The zero-order chi connectivity index (χ0) is 47.0. The highest BCUT2D eigenvalue weighted by molar-refractivity contribution is 5.70. The number of esters is 2. The predicted octanol–water partition coefficient (Wildman–Crippen LogP) is 14.3. The fourth-order valence-electron chi connectivity index (χ4n) is 8.30. The first kappa shape index (κ1) is 62.3. The quantitative estimate of drug-likeness (QED) is 0.0257. The van der Waals surface area contributed by atoms with Crippen LogP contribution in [-0.2, 0) is 33.3 Å². The third-order valence-electron chi connectivity index (χ3n) is 12.6. The number of likely N-dealkylation sites (N-methyl/N-ethyl adjacent to an activating group) is 1. The lowest BCUT2D eigenvalue weighted by molar-refractivity contribution is -0.870. The van der Waals surface area contributed by atoms with Gasteiger partial charge < -0.3 is 33.3 Å². The van der Waals surface area contributed by atoms with Gasteiger partial charge in [-0.2, -0.15) is 0 Å². The number of quaternary nitrogens is 1. The van der Waals surface area contributed by atoms with Crippen molar-refractivity contribution in [1.29, 1.82) is 0 Å². The van der Waals surface area contributed by atoms with Crippen LogP contribution < -0.4 is 5.11 Å². The minimum atomic E-state index is -1.61. The van der Waals surface area contributed by atoms with Gasteiger partial charge in [-0.3, -0.25) is 9.59 Å². The molecule has 9 heteroatoms. The van der Waals surface area contributed by atoms with Gasteiger partial charge in [0.05, 0.1) is 40.3 Å². The Morgan fingerprint density at radius 3 is 1.00 bits per heavy atom. The van der Waals surface area contributed by atoms with E-state index in [1.54, 1.807) is 0 Å². The molecule has 0 heterocycles. The lowest BCUT2D eigenvalue weighted by Gasteiger charge is -2.26. The van der Waals surface area contributed by atoms with E-state index in [1.165, 1.54) is 212 Å². The summed E-state index contributed by atoms with van der Waals surface area (Å²) >= 11 is 0. The van der Waals surface area contributed by atoms with Crippen LogP contribution >= 0.6 is 0 Å². The van der Waals surface area contributed by atoms with Crippen molar-refractivity contribution in [3.05, 3.63) is 0 Å². The van der Waals surface area contributed by atoms with Crippen LogP contribution in [0.15, 0.2) is 0 Å². The molecule has 0 N–H and O–H groups in total. The fourth-order valence-corrected chi connectivity index (χ4v) is 8.30. The molecule has 0 aliphatic rings. The van der Waals surface area contributed by atoms with Gasteiger partial charge in [0, 0.05) is 12.8 Å². The van der Waals surface area contributed by atoms with Crippen LogP contribution in [0.3, 0.4) is 0 Å². The maximum Gasteiger partial charge on any atom is 0.306 e. The zero-order valence-corrected chi connectivity index (χ0v) is 43.2. The second kappa shape index (κ2) is 47.8. The molecule has 0 aromatic heterocycles. The number of rotatable bonds is 52. The average molecular weight is 910 g/mol. The van der Waals surface area contributed by atoms with Crippen LogP contribution in [0.1, 0.15) is 277 Å². The number of unbranched alkanes of at least 4 members (excludes halogenated alkanes) is 37. The molecule has 2 atom stereocenters. The van der Waals surface area contributed by atoms with Gasteiger partial charge in [0.25, 0.3) is 0 Å². The van der Waals surface area contributed by atoms with E-state index in [0.29, 0.717) is 17.4 Å². The van der Waals surface area contributed by atoms with E-state index in [0.717, 1.165) is 38.5 Å². The normalized spacial score (nSPS) is 12.7. The largest absolute Gasteiger partial charge is 0.545 e. The Bertz CT molecular complexity index is 1020. The summed E-state index contributed by atoms with van der Waals surface area (Å²) < 4.78 is 22.7. The Balaban J connectivity index is 4.22. The second-order valence-corrected chi connectivity index (χ2v) is 20.2. The number of hydrogen-bond donors (Lipinski definition) is 0. The highest BCUT2D eigenvalue weighted by Crippen LogP contribution is 2.17. The monoisotopic (exact) mass is 910 g/mol. The lowest BCUT2D eigenvalue weighted by Crippen LogP contribution is -2.44. The summed E-state index contributed by atoms with van der Waals surface area (Å²) in [5, 5.41) is 11.7. The Morgan fingerprint density at radius 2 is 0.703 bits per heavy atom. The molecule has 0 saturated heterocycles. The van der Waals surface area contributed by atoms with Crippen molar-refractivity contribution in [1.82, 2.24) is 0 Å². The molecule has 0 aromatic rings. The molecule has 0 radical (unpaired) electrons. The molecule has 0 rings (SSSR count). The van der Waals surface area contributed by atoms with E-state index in [1.807, 2.05) is 21.1 Å². The molecule has 0 spiro atoms. The van der Waals surface area contributed by atoms with Crippen molar-refractivity contribution >= 4 is 17.9 Å². The topological polar surface area (TPSA) is 111 Å². The second-order valence-electron chi connectivity index (χ2n) is 20.2. The van der Waals surface area contributed by atoms with Gasteiger partial charge in [-0.05, 0) is 12.8 Å². The molecule has 0 aromatic carbocycles. The standard InChI is InChI=1S/C55H107NO8/c1-6-8-10-12-14-16-18-20-22-24-25-26-27-28-30-32-34-36-38-40-42-44-46-53(58)64-51(50-63-55(54(59)60)61-48-47-56(3,4)5)49-62-52(57)45-43-41-39-37-35-33-31-29-23-21-19-17-15-13-11-9-7-2/h51,55H,6-50H2,1-5H3. The Labute approximate surface area is 396 Å². The van der Waals surface area contributed by atoms with Crippen molar-refractivity contribution in [2.24, 2.45) is 0 Å². The van der Waals surface area contributed by atoms with Gasteiger partial charge in [-0.25, -0.2) is 0 Å². The minimum absolute atomic E-state index is 0.153. The molecule has 0 fully saturated rings.